The fourth-order valence-electron chi connectivity index (χ4n) is 3.19. The van der Waals surface area contributed by atoms with E-state index in [2.05, 4.69) is 14.6 Å². The van der Waals surface area contributed by atoms with E-state index in [9.17, 15) is 4.79 Å². The van der Waals surface area contributed by atoms with E-state index in [0.29, 0.717) is 25.4 Å². The monoisotopic (exact) mass is 329 g/mol. The van der Waals surface area contributed by atoms with Crippen LogP contribution in [0.3, 0.4) is 0 Å². The Balaban J connectivity index is 1.48. The van der Waals surface area contributed by atoms with Crippen LogP contribution in [0.15, 0.2) is 24.8 Å². The molecule has 1 aliphatic heterocycles. The van der Waals surface area contributed by atoms with Crippen molar-refractivity contribution in [1.82, 2.24) is 24.2 Å². The third kappa shape index (κ3) is 3.36. The van der Waals surface area contributed by atoms with E-state index in [1.165, 1.54) is 12.8 Å². The molecule has 0 aromatic carbocycles. The Labute approximate surface area is 141 Å². The molecule has 0 bridgehead atoms. The van der Waals surface area contributed by atoms with Gasteiger partial charge in [0, 0.05) is 45.1 Å². The van der Waals surface area contributed by atoms with E-state index in [4.69, 9.17) is 4.74 Å². The van der Waals surface area contributed by atoms with Crippen LogP contribution in [0.25, 0.3) is 0 Å². The summed E-state index contributed by atoms with van der Waals surface area (Å²) in [6, 6.07) is 1.77. The molecule has 2 aromatic heterocycles. The highest BCUT2D eigenvalue weighted by Gasteiger charge is 2.28. The van der Waals surface area contributed by atoms with E-state index < -0.39 is 0 Å². The third-order valence-electron chi connectivity index (χ3n) is 4.71. The van der Waals surface area contributed by atoms with Crippen molar-refractivity contribution in [3.8, 4) is 0 Å². The number of aryl methyl sites for hydroxylation is 1. The highest BCUT2D eigenvalue weighted by atomic mass is 16.5. The lowest BCUT2D eigenvalue weighted by Gasteiger charge is -2.23. The Morgan fingerprint density at radius 3 is 2.88 bits per heavy atom. The molecule has 0 unspecified atom stereocenters. The number of ether oxygens (including phenoxy) is 1. The van der Waals surface area contributed by atoms with Gasteiger partial charge < -0.3 is 14.2 Å². The van der Waals surface area contributed by atoms with Gasteiger partial charge in [-0.3, -0.25) is 9.48 Å². The van der Waals surface area contributed by atoms with Gasteiger partial charge in [0.2, 0.25) is 0 Å². The number of nitrogens with zero attached hydrogens (tertiary/aromatic N) is 5. The summed E-state index contributed by atoms with van der Waals surface area (Å²) < 4.78 is 9.68. The van der Waals surface area contributed by atoms with Gasteiger partial charge in [0.25, 0.3) is 5.91 Å². The van der Waals surface area contributed by atoms with Crippen LogP contribution in [0, 0.1) is 11.8 Å². The molecule has 1 amide bonds. The van der Waals surface area contributed by atoms with Crippen LogP contribution in [0.2, 0.25) is 0 Å². The van der Waals surface area contributed by atoms with Crippen molar-refractivity contribution >= 4 is 5.91 Å². The molecular formula is C17H23N5O2. The van der Waals surface area contributed by atoms with Crippen molar-refractivity contribution in [2.45, 2.75) is 25.9 Å². The van der Waals surface area contributed by atoms with Crippen molar-refractivity contribution in [3.63, 3.8) is 0 Å². The zero-order chi connectivity index (χ0) is 16.5. The molecule has 2 aliphatic rings. The number of carbonyl (C=O) groups excluding carboxylic acids is 1. The van der Waals surface area contributed by atoms with E-state index in [1.54, 1.807) is 16.9 Å². The van der Waals surface area contributed by atoms with Gasteiger partial charge in [-0.15, -0.1) is 0 Å². The molecule has 2 aromatic rings. The Morgan fingerprint density at radius 1 is 1.29 bits per heavy atom. The number of fused-ring (bicyclic) bond motifs is 1. The van der Waals surface area contributed by atoms with Gasteiger partial charge in [-0.05, 0) is 24.8 Å². The minimum atomic E-state index is -0.0301. The summed E-state index contributed by atoms with van der Waals surface area (Å²) in [7, 11) is 1.82. The lowest BCUT2D eigenvalue weighted by Crippen LogP contribution is -2.35. The normalized spacial score (nSPS) is 20.7. The number of amides is 1. The molecule has 7 nitrogen and oxygen atoms in total. The maximum atomic E-state index is 12.8. The molecule has 1 atom stereocenters. The summed E-state index contributed by atoms with van der Waals surface area (Å²) in [6.45, 7) is 3.61. The lowest BCUT2D eigenvalue weighted by atomic mass is 10.1. The Hall–Kier alpha value is -2.15. The molecule has 0 saturated heterocycles. The zero-order valence-electron chi connectivity index (χ0n) is 14.0. The van der Waals surface area contributed by atoms with Crippen molar-refractivity contribution < 1.29 is 9.53 Å². The number of hydrogen-bond donors (Lipinski definition) is 0. The Bertz CT molecular complexity index is 718. The summed E-state index contributed by atoms with van der Waals surface area (Å²) >= 11 is 0. The Morgan fingerprint density at radius 2 is 2.12 bits per heavy atom. The maximum absolute atomic E-state index is 12.8. The van der Waals surface area contributed by atoms with Gasteiger partial charge in [-0.2, -0.15) is 5.10 Å². The van der Waals surface area contributed by atoms with Gasteiger partial charge in [-0.1, -0.05) is 0 Å². The summed E-state index contributed by atoms with van der Waals surface area (Å²) in [5.41, 5.74) is 1.55. The molecule has 1 aliphatic carbocycles. The van der Waals surface area contributed by atoms with E-state index in [-0.39, 0.29) is 11.8 Å². The smallest absolute Gasteiger partial charge is 0.274 e. The first kappa shape index (κ1) is 15.4. The standard InChI is InChI=1S/C17H23N5O2/c1-20-5-4-16(19-20)17(23)21-7-14(11-24-10-13-2-3-13)8-22-12-18-6-15(22)9-21/h4-6,12-14H,2-3,7-11H2,1H3/t14-/m0/s1. The van der Waals surface area contributed by atoms with Crippen LogP contribution in [0.5, 0.6) is 0 Å². The van der Waals surface area contributed by atoms with Crippen LogP contribution in [-0.2, 0) is 24.9 Å². The van der Waals surface area contributed by atoms with E-state index in [0.717, 1.165) is 24.8 Å². The number of imidazole rings is 1. The number of aromatic nitrogens is 4. The summed E-state index contributed by atoms with van der Waals surface area (Å²) in [6.07, 6.45) is 8.07. The highest BCUT2D eigenvalue weighted by Crippen LogP contribution is 2.29. The quantitative estimate of drug-likeness (QED) is 0.830. The molecule has 1 fully saturated rings. The minimum absolute atomic E-state index is 0.0301. The minimum Gasteiger partial charge on any atom is -0.381 e. The second-order valence-corrected chi connectivity index (χ2v) is 6.94. The van der Waals surface area contributed by atoms with Crippen molar-refractivity contribution in [3.05, 3.63) is 36.2 Å². The molecule has 0 spiro atoms. The number of hydrogen-bond acceptors (Lipinski definition) is 4. The van der Waals surface area contributed by atoms with Crippen molar-refractivity contribution in [2.75, 3.05) is 19.8 Å². The van der Waals surface area contributed by atoms with Crippen LogP contribution < -0.4 is 0 Å². The fraction of sp³-hybridized carbons (Fsp3) is 0.588. The molecule has 4 rings (SSSR count). The molecule has 24 heavy (non-hydrogen) atoms. The fourth-order valence-corrected chi connectivity index (χ4v) is 3.19. The van der Waals surface area contributed by atoms with Gasteiger partial charge in [0.15, 0.2) is 0 Å². The summed E-state index contributed by atoms with van der Waals surface area (Å²) in [5, 5.41) is 4.25. The topological polar surface area (TPSA) is 65.2 Å². The summed E-state index contributed by atoms with van der Waals surface area (Å²) in [4.78, 5) is 18.9. The summed E-state index contributed by atoms with van der Waals surface area (Å²) in [5.74, 6) is 0.996. The largest absolute Gasteiger partial charge is 0.381 e. The maximum Gasteiger partial charge on any atom is 0.274 e. The third-order valence-corrected chi connectivity index (χ3v) is 4.71. The number of rotatable bonds is 5. The SMILES string of the molecule is Cn1ccc(C(=O)N2Cc3cncn3C[C@@H](COCC3CC3)C2)n1. The van der Waals surface area contributed by atoms with Crippen LogP contribution in [0.4, 0.5) is 0 Å². The van der Waals surface area contributed by atoms with Crippen LogP contribution in [-0.4, -0.2) is 49.9 Å². The van der Waals surface area contributed by atoms with Gasteiger partial charge in [-0.25, -0.2) is 4.98 Å². The van der Waals surface area contributed by atoms with E-state index >= 15 is 0 Å². The van der Waals surface area contributed by atoms with Gasteiger partial charge in [0.1, 0.15) is 5.69 Å². The van der Waals surface area contributed by atoms with Crippen molar-refractivity contribution in [2.24, 2.45) is 18.9 Å². The van der Waals surface area contributed by atoms with E-state index in [1.807, 2.05) is 24.5 Å². The molecule has 3 heterocycles. The van der Waals surface area contributed by atoms with Gasteiger partial charge >= 0.3 is 0 Å². The first-order chi connectivity index (χ1) is 11.7. The average Bonchev–Trinajstić information content (AvgIpc) is 3.19. The van der Waals surface area contributed by atoms with Crippen LogP contribution in [0.1, 0.15) is 29.0 Å². The molecule has 1 saturated carbocycles. The molecule has 0 N–H and O–H groups in total. The first-order valence-corrected chi connectivity index (χ1v) is 8.54. The molecule has 7 heteroatoms. The van der Waals surface area contributed by atoms with Crippen molar-refractivity contribution in [1.29, 1.82) is 0 Å². The predicted octanol–water partition coefficient (Wildman–Crippen LogP) is 1.32. The number of carbonyl (C=O) groups is 1. The average molecular weight is 329 g/mol. The lowest BCUT2D eigenvalue weighted by molar-refractivity contribution is 0.0567. The molecular weight excluding hydrogens is 306 g/mol. The van der Waals surface area contributed by atoms with Gasteiger partial charge in [0.05, 0.1) is 25.2 Å². The highest BCUT2D eigenvalue weighted by molar-refractivity contribution is 5.92. The van der Waals surface area contributed by atoms with Crippen LogP contribution >= 0.6 is 0 Å². The second kappa shape index (κ2) is 6.39. The second-order valence-electron chi connectivity index (χ2n) is 6.94. The Kier molecular flexibility index (Phi) is 4.10. The molecule has 0 radical (unpaired) electrons. The predicted molar refractivity (Wildman–Crippen MR) is 87.2 cm³/mol. The first-order valence-electron chi connectivity index (χ1n) is 8.54. The zero-order valence-corrected chi connectivity index (χ0v) is 14.0. The molecule has 128 valence electrons.